The molecular weight excluding hydrogens is 474 g/mol. The number of rotatable bonds is 2. The molecule has 6 aromatic carbocycles. The molecule has 0 aliphatic heterocycles. The van der Waals surface area contributed by atoms with Crippen LogP contribution in [0.4, 0.5) is 0 Å². The average Bonchev–Trinajstić information content (AvgIpc) is 3.66. The summed E-state index contributed by atoms with van der Waals surface area (Å²) in [4.78, 5) is 0. The summed E-state index contributed by atoms with van der Waals surface area (Å²) in [6, 6.07) is 46.0. The van der Waals surface area contributed by atoms with Gasteiger partial charge in [-0.15, -0.1) is 0 Å². The topological polar surface area (TPSA) is 18.1 Å². The van der Waals surface area contributed by atoms with E-state index in [4.69, 9.17) is 4.42 Å². The van der Waals surface area contributed by atoms with Gasteiger partial charge in [0.05, 0.1) is 11.0 Å². The average molecular weight is 498 g/mol. The molecule has 39 heavy (non-hydrogen) atoms. The molecule has 0 saturated carbocycles. The fourth-order valence-corrected chi connectivity index (χ4v) is 6.63. The standard InChI is InChI=1S/C37H23NO/c1-2-8-27(9-3-1)38-33-12-6-4-10-28(33)32-22-24(17-19-34(32)38)23-14-15-25-20-26-16-18-30-29-11-5-7-13-35(29)39-37(30)36(26)31(25)21-23/h1-19,21-22H,20H2. The summed E-state index contributed by atoms with van der Waals surface area (Å²) < 4.78 is 8.81. The lowest BCUT2D eigenvalue weighted by Crippen LogP contribution is -1.92. The summed E-state index contributed by atoms with van der Waals surface area (Å²) >= 11 is 0. The summed E-state index contributed by atoms with van der Waals surface area (Å²) in [6.45, 7) is 0. The Labute approximate surface area is 225 Å². The lowest BCUT2D eigenvalue weighted by molar-refractivity contribution is 0.670. The van der Waals surface area contributed by atoms with E-state index in [2.05, 4.69) is 126 Å². The Morgan fingerprint density at radius 1 is 0.513 bits per heavy atom. The number of benzene rings is 6. The molecule has 0 fully saturated rings. The summed E-state index contributed by atoms with van der Waals surface area (Å²) in [5.41, 5.74) is 13.3. The number of hydrogen-bond acceptors (Lipinski definition) is 1. The van der Waals surface area contributed by atoms with Crippen molar-refractivity contribution in [3.8, 4) is 27.9 Å². The van der Waals surface area contributed by atoms with Crippen molar-refractivity contribution in [1.29, 1.82) is 0 Å². The number of hydrogen-bond donors (Lipinski definition) is 0. The molecule has 1 aliphatic carbocycles. The molecule has 0 saturated heterocycles. The fourth-order valence-electron chi connectivity index (χ4n) is 6.63. The van der Waals surface area contributed by atoms with E-state index in [0.29, 0.717) is 0 Å². The Morgan fingerprint density at radius 2 is 1.23 bits per heavy atom. The van der Waals surface area contributed by atoms with Gasteiger partial charge in [0.1, 0.15) is 11.2 Å². The van der Waals surface area contributed by atoms with Crippen LogP contribution in [0.5, 0.6) is 0 Å². The maximum Gasteiger partial charge on any atom is 0.143 e. The highest BCUT2D eigenvalue weighted by atomic mass is 16.3. The van der Waals surface area contributed by atoms with Gasteiger partial charge >= 0.3 is 0 Å². The maximum absolute atomic E-state index is 6.45. The fraction of sp³-hybridized carbons (Fsp3) is 0.0270. The van der Waals surface area contributed by atoms with E-state index in [-0.39, 0.29) is 0 Å². The van der Waals surface area contributed by atoms with Crippen molar-refractivity contribution in [2.45, 2.75) is 6.42 Å². The van der Waals surface area contributed by atoms with Crippen LogP contribution in [0.2, 0.25) is 0 Å². The third-order valence-electron chi connectivity index (χ3n) is 8.41. The van der Waals surface area contributed by atoms with Crippen molar-refractivity contribution < 1.29 is 4.42 Å². The van der Waals surface area contributed by atoms with Crippen molar-refractivity contribution in [2.24, 2.45) is 0 Å². The molecule has 0 atom stereocenters. The Kier molecular flexibility index (Phi) is 4.14. The molecule has 0 spiro atoms. The van der Waals surface area contributed by atoms with Crippen LogP contribution >= 0.6 is 0 Å². The summed E-state index contributed by atoms with van der Waals surface area (Å²) in [5, 5.41) is 4.92. The van der Waals surface area contributed by atoms with Gasteiger partial charge in [-0.3, -0.25) is 0 Å². The number of aromatic nitrogens is 1. The van der Waals surface area contributed by atoms with Crippen LogP contribution in [0.15, 0.2) is 132 Å². The third-order valence-corrected chi connectivity index (χ3v) is 8.41. The Balaban J connectivity index is 1.25. The molecule has 0 N–H and O–H groups in total. The normalized spacial score (nSPS) is 12.5. The molecular formula is C37H23NO. The predicted octanol–water partition coefficient (Wildman–Crippen LogP) is 9.92. The summed E-state index contributed by atoms with van der Waals surface area (Å²) in [7, 11) is 0. The smallest absolute Gasteiger partial charge is 0.143 e. The van der Waals surface area contributed by atoms with Gasteiger partial charge in [0.15, 0.2) is 0 Å². The van der Waals surface area contributed by atoms with Crippen molar-refractivity contribution in [3.05, 3.63) is 139 Å². The quantitative estimate of drug-likeness (QED) is 0.232. The van der Waals surface area contributed by atoms with Crippen LogP contribution in [0.25, 0.3) is 71.7 Å². The van der Waals surface area contributed by atoms with Crippen LogP contribution in [-0.2, 0) is 6.42 Å². The minimum absolute atomic E-state index is 0.946. The zero-order valence-electron chi connectivity index (χ0n) is 21.2. The maximum atomic E-state index is 6.45. The molecule has 9 rings (SSSR count). The van der Waals surface area contributed by atoms with Gasteiger partial charge in [0.25, 0.3) is 0 Å². The van der Waals surface area contributed by atoms with E-state index >= 15 is 0 Å². The van der Waals surface area contributed by atoms with Gasteiger partial charge in [-0.2, -0.15) is 0 Å². The zero-order chi connectivity index (χ0) is 25.5. The van der Waals surface area contributed by atoms with Gasteiger partial charge < -0.3 is 8.98 Å². The number of fused-ring (bicyclic) bond motifs is 10. The second-order valence-electron chi connectivity index (χ2n) is 10.5. The van der Waals surface area contributed by atoms with Crippen LogP contribution in [0.3, 0.4) is 0 Å². The lowest BCUT2D eigenvalue weighted by atomic mass is 9.96. The van der Waals surface area contributed by atoms with E-state index < -0.39 is 0 Å². The van der Waals surface area contributed by atoms with Crippen LogP contribution in [0.1, 0.15) is 11.1 Å². The van der Waals surface area contributed by atoms with Crippen molar-refractivity contribution >= 4 is 43.7 Å². The Bertz CT molecular complexity index is 2250. The first-order valence-corrected chi connectivity index (χ1v) is 13.5. The van der Waals surface area contributed by atoms with Crippen molar-refractivity contribution in [3.63, 3.8) is 0 Å². The van der Waals surface area contributed by atoms with E-state index in [9.17, 15) is 0 Å². The first-order chi connectivity index (χ1) is 19.3. The summed E-state index contributed by atoms with van der Waals surface area (Å²) in [5.74, 6) is 0. The predicted molar refractivity (Wildman–Crippen MR) is 162 cm³/mol. The molecule has 182 valence electrons. The van der Waals surface area contributed by atoms with Crippen LogP contribution in [0, 0.1) is 0 Å². The van der Waals surface area contributed by atoms with Gasteiger partial charge in [0, 0.05) is 32.8 Å². The van der Waals surface area contributed by atoms with Crippen LogP contribution in [-0.4, -0.2) is 4.57 Å². The second kappa shape index (κ2) is 7.72. The Hall–Kier alpha value is -5.08. The van der Waals surface area contributed by atoms with Gasteiger partial charge in [-0.05, 0) is 76.7 Å². The minimum atomic E-state index is 0.946. The van der Waals surface area contributed by atoms with E-state index in [0.717, 1.165) is 17.6 Å². The van der Waals surface area contributed by atoms with E-state index in [1.54, 1.807) is 0 Å². The highest BCUT2D eigenvalue weighted by molar-refractivity contribution is 6.12. The monoisotopic (exact) mass is 497 g/mol. The molecule has 2 heterocycles. The number of nitrogens with zero attached hydrogens (tertiary/aromatic N) is 1. The molecule has 0 bridgehead atoms. The van der Waals surface area contributed by atoms with Crippen LogP contribution < -0.4 is 0 Å². The molecule has 2 aromatic heterocycles. The molecule has 8 aromatic rings. The van der Waals surface area contributed by atoms with E-state index in [1.807, 2.05) is 6.07 Å². The molecule has 0 amide bonds. The highest BCUT2D eigenvalue weighted by Crippen LogP contribution is 2.46. The third kappa shape index (κ3) is 2.91. The van der Waals surface area contributed by atoms with Crippen molar-refractivity contribution in [1.82, 2.24) is 4.57 Å². The Morgan fingerprint density at radius 3 is 2.15 bits per heavy atom. The van der Waals surface area contributed by atoms with Gasteiger partial charge in [0.2, 0.25) is 0 Å². The summed E-state index contributed by atoms with van der Waals surface area (Å²) in [6.07, 6.45) is 0.946. The van der Waals surface area contributed by atoms with E-state index in [1.165, 1.54) is 71.6 Å². The largest absolute Gasteiger partial charge is 0.455 e. The molecule has 0 radical (unpaired) electrons. The SMILES string of the molecule is c1ccc(-n2c3ccccc3c3cc(-c4ccc5c(c4)-c4c(ccc6c4oc4ccccc46)C5)ccc32)cc1. The van der Waals surface area contributed by atoms with Gasteiger partial charge in [-0.1, -0.05) is 84.9 Å². The number of furan rings is 1. The lowest BCUT2D eigenvalue weighted by Gasteiger charge is -2.09. The zero-order valence-corrected chi connectivity index (χ0v) is 21.2. The molecule has 2 nitrogen and oxygen atoms in total. The first kappa shape index (κ1) is 20.9. The molecule has 0 unspecified atom stereocenters. The highest BCUT2D eigenvalue weighted by Gasteiger charge is 2.24. The second-order valence-corrected chi connectivity index (χ2v) is 10.5. The first-order valence-electron chi connectivity index (χ1n) is 13.5. The molecule has 2 heteroatoms. The number of para-hydroxylation sites is 3. The minimum Gasteiger partial charge on any atom is -0.455 e. The van der Waals surface area contributed by atoms with Crippen molar-refractivity contribution in [2.75, 3.05) is 0 Å². The molecule has 1 aliphatic rings. The van der Waals surface area contributed by atoms with Gasteiger partial charge in [-0.25, -0.2) is 0 Å².